The van der Waals surface area contributed by atoms with Crippen LogP contribution in [0.1, 0.15) is 71.1 Å². The summed E-state index contributed by atoms with van der Waals surface area (Å²) in [6, 6.07) is 0. The van der Waals surface area contributed by atoms with Crippen molar-refractivity contribution < 1.29 is 9.53 Å². The van der Waals surface area contributed by atoms with Crippen molar-refractivity contribution in [1.82, 2.24) is 0 Å². The Labute approximate surface area is 130 Å². The summed E-state index contributed by atoms with van der Waals surface area (Å²) in [5.74, 6) is 6.12. The van der Waals surface area contributed by atoms with E-state index in [1.807, 2.05) is 12.2 Å². The van der Waals surface area contributed by atoms with Crippen LogP contribution >= 0.6 is 0 Å². The lowest BCUT2D eigenvalue weighted by atomic mass is 10.1. The predicted molar refractivity (Wildman–Crippen MR) is 89.9 cm³/mol. The van der Waals surface area contributed by atoms with Crippen molar-refractivity contribution >= 4 is 5.97 Å². The number of rotatable bonds is 11. The molecule has 0 spiro atoms. The number of hydrogen-bond acceptors (Lipinski definition) is 2. The summed E-state index contributed by atoms with van der Waals surface area (Å²) in [4.78, 5) is 10.9. The first kappa shape index (κ1) is 19.5. The fraction of sp³-hybridized carbons (Fsp3) is 0.632. The fourth-order valence-electron chi connectivity index (χ4n) is 1.85. The third kappa shape index (κ3) is 16.5. The minimum atomic E-state index is -0.101. The largest absolute Gasteiger partial charge is 0.469 e. The smallest absolute Gasteiger partial charge is 0.305 e. The van der Waals surface area contributed by atoms with Gasteiger partial charge in [-0.25, -0.2) is 0 Å². The molecule has 0 rings (SSSR count). The van der Waals surface area contributed by atoms with Crippen LogP contribution in [-0.4, -0.2) is 13.1 Å². The summed E-state index contributed by atoms with van der Waals surface area (Å²) in [7, 11) is 1.44. The second-order valence-electron chi connectivity index (χ2n) is 5.09. The lowest BCUT2D eigenvalue weighted by Crippen LogP contribution is -1.99. The van der Waals surface area contributed by atoms with Crippen molar-refractivity contribution in [2.75, 3.05) is 7.11 Å². The molecule has 0 aliphatic rings. The third-order valence-electron chi connectivity index (χ3n) is 3.16. The quantitative estimate of drug-likeness (QED) is 0.226. The van der Waals surface area contributed by atoms with Gasteiger partial charge in [0.1, 0.15) is 0 Å². The minimum Gasteiger partial charge on any atom is -0.469 e. The average Bonchev–Trinajstić information content (AvgIpc) is 2.50. The van der Waals surface area contributed by atoms with Crippen molar-refractivity contribution in [3.63, 3.8) is 0 Å². The molecule has 0 saturated carbocycles. The van der Waals surface area contributed by atoms with Crippen molar-refractivity contribution in [3.8, 4) is 11.8 Å². The summed E-state index contributed by atoms with van der Waals surface area (Å²) in [6.07, 6.45) is 18.9. The number of unbranched alkanes of at least 4 members (excludes halogenated alkanes) is 7. The van der Waals surface area contributed by atoms with Crippen molar-refractivity contribution in [2.24, 2.45) is 0 Å². The van der Waals surface area contributed by atoms with Crippen LogP contribution in [-0.2, 0) is 9.53 Å². The van der Waals surface area contributed by atoms with E-state index in [-0.39, 0.29) is 5.97 Å². The maximum atomic E-state index is 10.9. The first-order valence-corrected chi connectivity index (χ1v) is 8.18. The Kier molecular flexibility index (Phi) is 15.4. The molecule has 0 aromatic carbocycles. The van der Waals surface area contributed by atoms with E-state index in [9.17, 15) is 4.79 Å². The molecule has 0 amide bonds. The molecule has 0 fully saturated rings. The molecule has 0 saturated heterocycles. The van der Waals surface area contributed by atoms with Gasteiger partial charge < -0.3 is 4.74 Å². The molecule has 118 valence electrons. The minimum absolute atomic E-state index is 0.101. The second-order valence-corrected chi connectivity index (χ2v) is 5.09. The highest BCUT2D eigenvalue weighted by Crippen LogP contribution is 2.07. The number of esters is 1. The zero-order chi connectivity index (χ0) is 15.6. The molecular formula is C19H30O2. The number of carbonyl (C=O) groups is 1. The Bertz CT molecular complexity index is 355. The molecule has 0 aliphatic heterocycles. The van der Waals surface area contributed by atoms with Gasteiger partial charge in [0.05, 0.1) is 7.11 Å². The zero-order valence-corrected chi connectivity index (χ0v) is 13.7. The zero-order valence-electron chi connectivity index (χ0n) is 13.7. The first-order chi connectivity index (χ1) is 10.3. The monoisotopic (exact) mass is 290 g/mol. The molecule has 0 heterocycles. The molecule has 0 N–H and O–H groups in total. The maximum Gasteiger partial charge on any atom is 0.305 e. The van der Waals surface area contributed by atoms with Gasteiger partial charge in [-0.15, -0.1) is 0 Å². The van der Waals surface area contributed by atoms with Crippen LogP contribution in [0, 0.1) is 11.8 Å². The molecule has 0 aromatic rings. The standard InChI is InChI=1S/C19H30O2/c1-3-4-5-6-7-8-9-10-11-12-13-14-15-16-17-18-19(20)21-2/h6-9H,3-5,12-18H2,1-2H3. The second kappa shape index (κ2) is 16.6. The summed E-state index contributed by atoms with van der Waals surface area (Å²) < 4.78 is 4.60. The van der Waals surface area contributed by atoms with Gasteiger partial charge in [0, 0.05) is 12.8 Å². The number of hydrogen-bond donors (Lipinski definition) is 0. The van der Waals surface area contributed by atoms with Gasteiger partial charge in [0.25, 0.3) is 0 Å². The lowest BCUT2D eigenvalue weighted by Gasteiger charge is -1.99. The Morgan fingerprint density at radius 2 is 1.81 bits per heavy atom. The van der Waals surface area contributed by atoms with Crippen LogP contribution in [0.5, 0.6) is 0 Å². The average molecular weight is 290 g/mol. The highest BCUT2D eigenvalue weighted by atomic mass is 16.5. The topological polar surface area (TPSA) is 26.3 Å². The summed E-state index contributed by atoms with van der Waals surface area (Å²) >= 11 is 0. The lowest BCUT2D eigenvalue weighted by molar-refractivity contribution is -0.140. The van der Waals surface area contributed by atoms with Crippen LogP contribution in [0.4, 0.5) is 0 Å². The van der Waals surface area contributed by atoms with E-state index in [1.54, 1.807) is 0 Å². The number of methoxy groups -OCH3 is 1. The van der Waals surface area contributed by atoms with Gasteiger partial charge in [-0.05, 0) is 25.3 Å². The highest BCUT2D eigenvalue weighted by molar-refractivity contribution is 5.68. The van der Waals surface area contributed by atoms with Crippen LogP contribution in [0.3, 0.4) is 0 Å². The molecule has 0 aliphatic carbocycles. The Morgan fingerprint density at radius 3 is 2.57 bits per heavy atom. The van der Waals surface area contributed by atoms with E-state index < -0.39 is 0 Å². The number of ether oxygens (including phenoxy) is 1. The van der Waals surface area contributed by atoms with E-state index >= 15 is 0 Å². The normalized spacial score (nSPS) is 10.8. The molecule has 0 radical (unpaired) electrons. The third-order valence-corrected chi connectivity index (χ3v) is 3.16. The van der Waals surface area contributed by atoms with Crippen molar-refractivity contribution in [1.29, 1.82) is 0 Å². The van der Waals surface area contributed by atoms with Gasteiger partial charge in [-0.2, -0.15) is 0 Å². The van der Waals surface area contributed by atoms with Crippen molar-refractivity contribution in [2.45, 2.75) is 71.1 Å². The molecule has 0 unspecified atom stereocenters. The van der Waals surface area contributed by atoms with Crippen LogP contribution in [0.2, 0.25) is 0 Å². The van der Waals surface area contributed by atoms with Gasteiger partial charge in [-0.3, -0.25) is 4.79 Å². The van der Waals surface area contributed by atoms with E-state index in [0.29, 0.717) is 6.42 Å². The summed E-state index contributed by atoms with van der Waals surface area (Å²) in [5, 5.41) is 0. The number of carbonyl (C=O) groups excluding carboxylic acids is 1. The van der Waals surface area contributed by atoms with Crippen LogP contribution in [0.15, 0.2) is 24.3 Å². The van der Waals surface area contributed by atoms with E-state index in [1.165, 1.54) is 32.8 Å². The number of allylic oxidation sites excluding steroid dienone is 4. The van der Waals surface area contributed by atoms with E-state index in [4.69, 9.17) is 0 Å². The molecule has 2 heteroatoms. The summed E-state index contributed by atoms with van der Waals surface area (Å²) in [6.45, 7) is 2.20. The fourth-order valence-corrected chi connectivity index (χ4v) is 1.85. The van der Waals surface area contributed by atoms with Crippen LogP contribution < -0.4 is 0 Å². The Balaban J connectivity index is 3.35. The Morgan fingerprint density at radius 1 is 1.05 bits per heavy atom. The molecular weight excluding hydrogens is 260 g/mol. The predicted octanol–water partition coefficient (Wildman–Crippen LogP) is 5.20. The molecule has 0 atom stereocenters. The highest BCUT2D eigenvalue weighted by Gasteiger charge is 1.98. The molecule has 0 aromatic heterocycles. The maximum absolute atomic E-state index is 10.9. The van der Waals surface area contributed by atoms with Gasteiger partial charge >= 0.3 is 5.97 Å². The SMILES string of the molecule is CCCCC=CC=CC#CCCCCCCCC(=O)OC. The van der Waals surface area contributed by atoms with E-state index in [2.05, 4.69) is 35.7 Å². The van der Waals surface area contributed by atoms with Gasteiger partial charge in [0.2, 0.25) is 0 Å². The molecule has 2 nitrogen and oxygen atoms in total. The van der Waals surface area contributed by atoms with Gasteiger partial charge in [0.15, 0.2) is 0 Å². The summed E-state index contributed by atoms with van der Waals surface area (Å²) in [5.41, 5.74) is 0. The first-order valence-electron chi connectivity index (χ1n) is 8.18. The molecule has 21 heavy (non-hydrogen) atoms. The molecule has 0 bridgehead atoms. The van der Waals surface area contributed by atoms with E-state index in [0.717, 1.165) is 32.1 Å². The van der Waals surface area contributed by atoms with Crippen LogP contribution in [0.25, 0.3) is 0 Å². The van der Waals surface area contributed by atoms with Crippen molar-refractivity contribution in [3.05, 3.63) is 24.3 Å². The van der Waals surface area contributed by atoms with Gasteiger partial charge in [-0.1, -0.05) is 69.1 Å². The Hall–Kier alpha value is -1.49.